The van der Waals surface area contributed by atoms with Crippen LogP contribution in [0.15, 0.2) is 53.4 Å². The number of anilines is 2. The van der Waals surface area contributed by atoms with E-state index in [1.807, 2.05) is 24.5 Å². The summed E-state index contributed by atoms with van der Waals surface area (Å²) in [5.41, 5.74) is -0.0787. The second-order valence-electron chi connectivity index (χ2n) is 6.19. The number of carbonyl (C=O) groups is 2. The predicted octanol–water partition coefficient (Wildman–Crippen LogP) is 2.52. The largest absolute Gasteiger partial charge is 0.416 e. The number of hydrogen-bond donors (Lipinski definition) is 3. The second-order valence-corrected chi connectivity index (χ2v) is 7.03. The average molecular weight is 412 g/mol. The highest BCUT2D eigenvalue weighted by molar-refractivity contribution is 7.98. The molecule has 0 saturated heterocycles. The number of halogens is 3. The van der Waals surface area contributed by atoms with Gasteiger partial charge in [0.25, 0.3) is 11.8 Å². The van der Waals surface area contributed by atoms with Gasteiger partial charge in [-0.05, 0) is 36.6 Å². The zero-order valence-electron chi connectivity index (χ0n) is 15.4. The molecule has 0 radical (unpaired) electrons. The zero-order valence-corrected chi connectivity index (χ0v) is 16.2. The summed E-state index contributed by atoms with van der Waals surface area (Å²) in [5, 5.41) is 5.23. The Morgan fingerprint density at radius 1 is 1.00 bits per heavy atom. The molecule has 0 fully saturated rings. The number of para-hydroxylation sites is 1. The highest BCUT2D eigenvalue weighted by atomic mass is 32.2. The Balaban J connectivity index is 1.88. The number of quaternary nitrogens is 1. The van der Waals surface area contributed by atoms with Crippen LogP contribution >= 0.6 is 11.8 Å². The number of nitrogens with one attached hydrogen (secondary N) is 3. The smallest absolute Gasteiger partial charge is 0.322 e. The van der Waals surface area contributed by atoms with Crippen molar-refractivity contribution in [3.05, 3.63) is 54.1 Å². The van der Waals surface area contributed by atoms with Crippen LogP contribution in [-0.2, 0) is 15.8 Å². The maximum absolute atomic E-state index is 12.7. The van der Waals surface area contributed by atoms with Crippen molar-refractivity contribution in [2.45, 2.75) is 11.1 Å². The van der Waals surface area contributed by atoms with Crippen molar-refractivity contribution < 1.29 is 27.7 Å². The molecule has 1 atom stereocenters. The summed E-state index contributed by atoms with van der Waals surface area (Å²) in [5.74, 6) is -0.736. The van der Waals surface area contributed by atoms with Gasteiger partial charge in [-0.1, -0.05) is 18.2 Å². The summed E-state index contributed by atoms with van der Waals surface area (Å²) in [6.45, 7) is -0.0213. The third kappa shape index (κ3) is 6.58. The minimum Gasteiger partial charge on any atom is -0.322 e. The van der Waals surface area contributed by atoms with E-state index in [1.54, 1.807) is 13.1 Å². The molecule has 0 aromatic heterocycles. The van der Waals surface area contributed by atoms with E-state index in [1.165, 1.54) is 23.9 Å². The maximum atomic E-state index is 12.7. The molecule has 0 heterocycles. The van der Waals surface area contributed by atoms with Crippen LogP contribution in [0.4, 0.5) is 24.5 Å². The Bertz CT molecular complexity index is 843. The first-order valence-electron chi connectivity index (χ1n) is 8.40. The van der Waals surface area contributed by atoms with Crippen LogP contribution in [0.5, 0.6) is 0 Å². The number of thioether (sulfide) groups is 1. The van der Waals surface area contributed by atoms with Gasteiger partial charge in [-0.2, -0.15) is 13.2 Å². The summed E-state index contributed by atoms with van der Waals surface area (Å²) in [6, 6.07) is 11.8. The quantitative estimate of drug-likeness (QED) is 0.613. The van der Waals surface area contributed by atoms with Crippen molar-refractivity contribution in [2.75, 3.05) is 37.0 Å². The first-order valence-corrected chi connectivity index (χ1v) is 9.63. The van der Waals surface area contributed by atoms with Gasteiger partial charge in [0.05, 0.1) is 18.3 Å². The van der Waals surface area contributed by atoms with E-state index in [2.05, 4.69) is 10.6 Å². The molecule has 9 heteroatoms. The lowest BCUT2D eigenvalue weighted by molar-refractivity contribution is -0.862. The lowest BCUT2D eigenvalue weighted by atomic mass is 10.2. The molecular formula is C19H21F3N3O2S+. The number of hydrogen-bond acceptors (Lipinski definition) is 3. The van der Waals surface area contributed by atoms with Crippen LogP contribution in [0.1, 0.15) is 5.56 Å². The number of benzene rings is 2. The van der Waals surface area contributed by atoms with Gasteiger partial charge in [-0.25, -0.2) is 0 Å². The van der Waals surface area contributed by atoms with Gasteiger partial charge in [-0.3, -0.25) is 9.59 Å². The zero-order chi connectivity index (χ0) is 20.7. The predicted molar refractivity (Wildman–Crippen MR) is 104 cm³/mol. The standard InChI is InChI=1S/C19H20F3N3O2S/c1-25(12-18(27)24-15-8-3-4-9-16(15)28-2)11-17(26)23-14-7-5-6-13(10-14)19(20,21)22/h3-10H,11-12H2,1-2H3,(H,23,26)(H,24,27)/p+1. The van der Waals surface area contributed by atoms with E-state index in [9.17, 15) is 22.8 Å². The fourth-order valence-electron chi connectivity index (χ4n) is 2.53. The highest BCUT2D eigenvalue weighted by Gasteiger charge is 2.30. The van der Waals surface area contributed by atoms with Crippen molar-refractivity contribution in [3.63, 3.8) is 0 Å². The molecule has 0 bridgehead atoms. The number of alkyl halides is 3. The molecule has 2 aromatic carbocycles. The molecule has 0 aliphatic carbocycles. The van der Waals surface area contributed by atoms with Crippen LogP contribution in [0.25, 0.3) is 0 Å². The van der Waals surface area contributed by atoms with Crippen molar-refractivity contribution in [1.82, 2.24) is 0 Å². The molecule has 28 heavy (non-hydrogen) atoms. The fourth-order valence-corrected chi connectivity index (χ4v) is 3.09. The Morgan fingerprint density at radius 2 is 1.64 bits per heavy atom. The monoisotopic (exact) mass is 412 g/mol. The summed E-state index contributed by atoms with van der Waals surface area (Å²) in [4.78, 5) is 25.8. The van der Waals surface area contributed by atoms with Gasteiger partial charge >= 0.3 is 6.18 Å². The van der Waals surface area contributed by atoms with Gasteiger partial charge < -0.3 is 15.5 Å². The highest BCUT2D eigenvalue weighted by Crippen LogP contribution is 2.30. The van der Waals surface area contributed by atoms with Gasteiger partial charge in [0.1, 0.15) is 0 Å². The van der Waals surface area contributed by atoms with Crippen molar-refractivity contribution in [3.8, 4) is 0 Å². The molecule has 3 N–H and O–H groups in total. The Hall–Kier alpha value is -2.52. The second kappa shape index (κ2) is 9.61. The molecule has 2 aromatic rings. The van der Waals surface area contributed by atoms with Crippen molar-refractivity contribution in [1.29, 1.82) is 0 Å². The van der Waals surface area contributed by atoms with Crippen molar-refractivity contribution >= 4 is 35.0 Å². The van der Waals surface area contributed by atoms with Crippen LogP contribution < -0.4 is 15.5 Å². The third-order valence-corrected chi connectivity index (χ3v) is 4.58. The molecule has 2 rings (SSSR count). The van der Waals surface area contributed by atoms with Crippen LogP contribution in [-0.4, -0.2) is 38.2 Å². The minimum atomic E-state index is -4.48. The molecule has 5 nitrogen and oxygen atoms in total. The van der Waals surface area contributed by atoms with Gasteiger partial charge in [0, 0.05) is 10.6 Å². The average Bonchev–Trinajstić information content (AvgIpc) is 2.61. The first kappa shape index (κ1) is 21.8. The molecule has 1 unspecified atom stereocenters. The molecule has 2 amide bonds. The summed E-state index contributed by atoms with van der Waals surface area (Å²) in [7, 11) is 1.66. The maximum Gasteiger partial charge on any atom is 0.416 e. The summed E-state index contributed by atoms with van der Waals surface area (Å²) < 4.78 is 38.2. The van der Waals surface area contributed by atoms with Crippen LogP contribution in [0.3, 0.4) is 0 Å². The SMILES string of the molecule is CSc1ccccc1NC(=O)C[NH+](C)CC(=O)Nc1cccc(C(F)(F)F)c1. The fraction of sp³-hybridized carbons (Fsp3) is 0.263. The molecule has 0 spiro atoms. The van der Waals surface area contributed by atoms with Gasteiger partial charge in [0.15, 0.2) is 13.1 Å². The van der Waals surface area contributed by atoms with Crippen LogP contribution in [0.2, 0.25) is 0 Å². The van der Waals surface area contributed by atoms with Gasteiger partial charge in [-0.15, -0.1) is 11.8 Å². The van der Waals surface area contributed by atoms with E-state index >= 15 is 0 Å². The lowest BCUT2D eigenvalue weighted by Crippen LogP contribution is -3.11. The van der Waals surface area contributed by atoms with E-state index in [-0.39, 0.29) is 24.7 Å². The van der Waals surface area contributed by atoms with E-state index in [0.29, 0.717) is 10.6 Å². The first-order chi connectivity index (χ1) is 13.2. The minimum absolute atomic E-state index is 0.0404. The topological polar surface area (TPSA) is 62.6 Å². The lowest BCUT2D eigenvalue weighted by Gasteiger charge is -2.15. The molecule has 0 saturated carbocycles. The Morgan fingerprint density at radius 3 is 2.29 bits per heavy atom. The molecule has 0 aliphatic heterocycles. The molecule has 150 valence electrons. The Kier molecular flexibility index (Phi) is 7.47. The van der Waals surface area contributed by atoms with E-state index in [4.69, 9.17) is 0 Å². The normalized spacial score (nSPS) is 12.3. The van der Waals surface area contributed by atoms with E-state index < -0.39 is 17.6 Å². The van der Waals surface area contributed by atoms with Gasteiger partial charge in [0.2, 0.25) is 0 Å². The van der Waals surface area contributed by atoms with Crippen molar-refractivity contribution in [2.24, 2.45) is 0 Å². The Labute approximate surface area is 165 Å². The third-order valence-electron chi connectivity index (χ3n) is 3.78. The van der Waals surface area contributed by atoms with E-state index in [0.717, 1.165) is 17.0 Å². The molecule has 0 aliphatic rings. The number of likely N-dealkylation sites (N-methyl/N-ethyl adjacent to an activating group) is 1. The molecular weight excluding hydrogens is 391 g/mol. The number of amides is 2. The van der Waals surface area contributed by atoms with Crippen LogP contribution in [0, 0.1) is 0 Å². The number of carbonyl (C=O) groups excluding carboxylic acids is 2. The summed E-state index contributed by atoms with van der Waals surface area (Å²) in [6.07, 6.45) is -2.57. The number of rotatable bonds is 7. The summed E-state index contributed by atoms with van der Waals surface area (Å²) >= 11 is 1.51.